The average molecular weight is 357 g/mol. The molecule has 0 radical (unpaired) electrons. The van der Waals surface area contributed by atoms with Gasteiger partial charge in [-0.25, -0.2) is 0 Å². The zero-order valence-electron chi connectivity index (χ0n) is 15.2. The van der Waals surface area contributed by atoms with Gasteiger partial charge in [-0.15, -0.1) is 0 Å². The van der Waals surface area contributed by atoms with E-state index in [4.69, 9.17) is 9.84 Å². The summed E-state index contributed by atoms with van der Waals surface area (Å²) in [6.07, 6.45) is 14.3. The molecule has 24 heavy (non-hydrogen) atoms. The van der Waals surface area contributed by atoms with Gasteiger partial charge in [-0.2, -0.15) is 11.8 Å². The van der Waals surface area contributed by atoms with E-state index in [-0.39, 0.29) is 0 Å². The first-order valence-electron chi connectivity index (χ1n) is 10.1. The van der Waals surface area contributed by atoms with Gasteiger partial charge in [0.1, 0.15) is 0 Å². The van der Waals surface area contributed by atoms with Gasteiger partial charge in [0, 0.05) is 19.6 Å². The minimum absolute atomic E-state index is 0.333. The zero-order chi connectivity index (χ0) is 17.0. The van der Waals surface area contributed by atoms with Gasteiger partial charge in [0.2, 0.25) is 0 Å². The van der Waals surface area contributed by atoms with Gasteiger partial charge in [-0.3, -0.25) is 4.79 Å². The molecule has 0 bridgehead atoms. The maximum Gasteiger partial charge on any atom is 0.303 e. The van der Waals surface area contributed by atoms with Gasteiger partial charge < -0.3 is 9.84 Å². The number of thioether (sulfide) groups is 1. The lowest BCUT2D eigenvalue weighted by molar-refractivity contribution is -0.137. The van der Waals surface area contributed by atoms with Gasteiger partial charge >= 0.3 is 5.97 Å². The molecule has 1 heterocycles. The fourth-order valence-electron chi connectivity index (χ4n) is 4.20. The van der Waals surface area contributed by atoms with Crippen molar-refractivity contribution in [2.24, 2.45) is 17.8 Å². The Morgan fingerprint density at radius 2 is 1.58 bits per heavy atom. The predicted octanol–water partition coefficient (Wildman–Crippen LogP) is 5.38. The Labute approximate surface area is 152 Å². The molecule has 4 heteroatoms. The zero-order valence-corrected chi connectivity index (χ0v) is 16.0. The van der Waals surface area contributed by atoms with E-state index in [2.05, 4.69) is 11.8 Å². The number of carbonyl (C=O) groups is 1. The lowest BCUT2D eigenvalue weighted by Crippen LogP contribution is -2.15. The van der Waals surface area contributed by atoms with E-state index in [1.807, 2.05) is 0 Å². The molecule has 1 N–H and O–H groups in total. The highest BCUT2D eigenvalue weighted by Gasteiger charge is 2.26. The van der Waals surface area contributed by atoms with Crippen LogP contribution in [0.3, 0.4) is 0 Å². The molecule has 1 saturated carbocycles. The van der Waals surface area contributed by atoms with Crippen LogP contribution in [-0.4, -0.2) is 35.8 Å². The van der Waals surface area contributed by atoms with Crippen molar-refractivity contribution in [2.75, 3.05) is 24.7 Å². The van der Waals surface area contributed by atoms with Crippen LogP contribution < -0.4 is 0 Å². The molecule has 1 aliphatic heterocycles. The minimum Gasteiger partial charge on any atom is -0.481 e. The maximum atomic E-state index is 10.5. The third-order valence-electron chi connectivity index (χ3n) is 5.82. The van der Waals surface area contributed by atoms with Crippen molar-refractivity contribution >= 4 is 17.7 Å². The van der Waals surface area contributed by atoms with E-state index in [0.29, 0.717) is 6.42 Å². The van der Waals surface area contributed by atoms with Crippen molar-refractivity contribution in [1.82, 2.24) is 0 Å². The van der Waals surface area contributed by atoms with Crippen molar-refractivity contribution in [1.29, 1.82) is 0 Å². The number of carboxylic acids is 1. The fraction of sp³-hybridized carbons (Fsp3) is 0.950. The van der Waals surface area contributed by atoms with Crippen LogP contribution >= 0.6 is 11.8 Å². The van der Waals surface area contributed by atoms with E-state index in [1.165, 1.54) is 69.3 Å². The van der Waals surface area contributed by atoms with Crippen LogP contribution in [0.15, 0.2) is 0 Å². The molecule has 0 amide bonds. The lowest BCUT2D eigenvalue weighted by Gasteiger charge is -2.19. The smallest absolute Gasteiger partial charge is 0.303 e. The summed E-state index contributed by atoms with van der Waals surface area (Å²) >= 11 is 2.11. The summed E-state index contributed by atoms with van der Waals surface area (Å²) in [5.41, 5.74) is 0. The maximum absolute atomic E-state index is 10.5. The van der Waals surface area contributed by atoms with Crippen molar-refractivity contribution in [2.45, 2.75) is 77.0 Å². The first-order valence-corrected chi connectivity index (χ1v) is 11.3. The molecule has 0 aromatic rings. The molecule has 140 valence electrons. The van der Waals surface area contributed by atoms with E-state index in [1.54, 1.807) is 0 Å². The molecule has 0 spiro atoms. The highest BCUT2D eigenvalue weighted by molar-refractivity contribution is 7.99. The molecular weight excluding hydrogens is 320 g/mol. The second kappa shape index (κ2) is 12.2. The highest BCUT2D eigenvalue weighted by Crippen LogP contribution is 2.35. The molecule has 2 fully saturated rings. The Morgan fingerprint density at radius 1 is 0.917 bits per heavy atom. The predicted molar refractivity (Wildman–Crippen MR) is 102 cm³/mol. The number of aliphatic carboxylic acids is 1. The number of rotatable bonds is 13. The molecule has 1 saturated heterocycles. The van der Waals surface area contributed by atoms with E-state index in [0.717, 1.165) is 43.8 Å². The molecule has 1 aliphatic carbocycles. The standard InChI is InChI=1S/C20H36O3S/c21-20(22)10-4-2-1-3-9-18-15-24-16-19(18)12-14-23-13-11-17-7-5-6-8-17/h17-19H,1-16H2,(H,21,22)/t18-,19+/m0/s1. The molecule has 2 atom stereocenters. The van der Waals surface area contributed by atoms with Crippen molar-refractivity contribution in [3.63, 3.8) is 0 Å². The molecule has 0 unspecified atom stereocenters. The monoisotopic (exact) mass is 356 g/mol. The van der Waals surface area contributed by atoms with Crippen LogP contribution in [0.5, 0.6) is 0 Å². The van der Waals surface area contributed by atoms with Crippen molar-refractivity contribution in [3.05, 3.63) is 0 Å². The summed E-state index contributed by atoms with van der Waals surface area (Å²) in [5, 5.41) is 8.64. The molecular formula is C20H36O3S. The first-order chi connectivity index (χ1) is 11.8. The van der Waals surface area contributed by atoms with Gasteiger partial charge in [0.25, 0.3) is 0 Å². The third kappa shape index (κ3) is 8.24. The third-order valence-corrected chi connectivity index (χ3v) is 7.15. The summed E-state index contributed by atoms with van der Waals surface area (Å²) in [5.74, 6) is 4.64. The van der Waals surface area contributed by atoms with Crippen LogP contribution in [0, 0.1) is 17.8 Å². The number of ether oxygens (including phenoxy) is 1. The first kappa shape index (κ1) is 20.1. The second-order valence-electron chi connectivity index (χ2n) is 7.74. The van der Waals surface area contributed by atoms with E-state index in [9.17, 15) is 4.79 Å². The summed E-state index contributed by atoms with van der Waals surface area (Å²) in [6.45, 7) is 1.92. The van der Waals surface area contributed by atoms with Crippen LogP contribution in [0.4, 0.5) is 0 Å². The summed E-state index contributed by atoms with van der Waals surface area (Å²) in [4.78, 5) is 10.5. The Bertz CT molecular complexity index is 342. The number of hydrogen-bond donors (Lipinski definition) is 1. The topological polar surface area (TPSA) is 46.5 Å². The molecule has 0 aromatic heterocycles. The van der Waals surface area contributed by atoms with E-state index >= 15 is 0 Å². The largest absolute Gasteiger partial charge is 0.481 e. The highest BCUT2D eigenvalue weighted by atomic mass is 32.2. The quantitative estimate of drug-likeness (QED) is 0.450. The van der Waals surface area contributed by atoms with Gasteiger partial charge in [-0.1, -0.05) is 44.9 Å². The number of hydrogen-bond acceptors (Lipinski definition) is 3. The van der Waals surface area contributed by atoms with Gasteiger partial charge in [-0.05, 0) is 54.9 Å². The summed E-state index contributed by atoms with van der Waals surface area (Å²) in [6, 6.07) is 0. The Kier molecular flexibility index (Phi) is 10.2. The van der Waals surface area contributed by atoms with Crippen molar-refractivity contribution < 1.29 is 14.6 Å². The van der Waals surface area contributed by atoms with Crippen LogP contribution in [0.25, 0.3) is 0 Å². The summed E-state index contributed by atoms with van der Waals surface area (Å²) in [7, 11) is 0. The molecule has 3 nitrogen and oxygen atoms in total. The summed E-state index contributed by atoms with van der Waals surface area (Å²) < 4.78 is 5.92. The molecule has 2 rings (SSSR count). The minimum atomic E-state index is -0.657. The normalized spacial score (nSPS) is 24.7. The lowest BCUT2D eigenvalue weighted by atomic mass is 9.88. The van der Waals surface area contributed by atoms with Crippen LogP contribution in [0.1, 0.15) is 77.0 Å². The van der Waals surface area contributed by atoms with Crippen molar-refractivity contribution in [3.8, 4) is 0 Å². The Balaban J connectivity index is 1.45. The Hall–Kier alpha value is -0.220. The van der Waals surface area contributed by atoms with E-state index < -0.39 is 5.97 Å². The van der Waals surface area contributed by atoms with Crippen LogP contribution in [0.2, 0.25) is 0 Å². The van der Waals surface area contributed by atoms with Gasteiger partial charge in [0.05, 0.1) is 0 Å². The number of unbranched alkanes of at least 4 members (excludes halogenated alkanes) is 3. The van der Waals surface area contributed by atoms with Gasteiger partial charge in [0.15, 0.2) is 0 Å². The molecule has 0 aromatic carbocycles. The number of carboxylic acid groups (broad SMARTS) is 1. The fourth-order valence-corrected chi connectivity index (χ4v) is 5.82. The molecule has 2 aliphatic rings. The SMILES string of the molecule is O=C(O)CCCCCC[C@H]1CSC[C@H]1CCOCCC1CCCC1. The second-order valence-corrected chi connectivity index (χ2v) is 8.82. The Morgan fingerprint density at radius 3 is 2.33 bits per heavy atom. The van der Waals surface area contributed by atoms with Crippen LogP contribution in [-0.2, 0) is 9.53 Å². The average Bonchev–Trinajstić information content (AvgIpc) is 3.22.